The van der Waals surface area contributed by atoms with E-state index in [-0.39, 0.29) is 0 Å². The second-order valence-corrected chi connectivity index (χ2v) is 5.33. The molecule has 0 aliphatic heterocycles. The molecule has 0 heterocycles. The molecule has 1 saturated carbocycles. The third-order valence-corrected chi connectivity index (χ3v) is 3.81. The van der Waals surface area contributed by atoms with E-state index in [1.54, 1.807) is 0 Å². The highest BCUT2D eigenvalue weighted by atomic mass is 16.5. The molecule has 18 heavy (non-hydrogen) atoms. The lowest BCUT2D eigenvalue weighted by Gasteiger charge is -2.18. The van der Waals surface area contributed by atoms with Crippen molar-refractivity contribution in [3.05, 3.63) is 29.3 Å². The minimum atomic E-state index is 0.411. The van der Waals surface area contributed by atoms with Crippen LogP contribution in [0.2, 0.25) is 0 Å². The lowest BCUT2D eigenvalue weighted by molar-refractivity contribution is 0.208. The maximum Gasteiger partial charge on any atom is 0.122 e. The van der Waals surface area contributed by atoms with Crippen LogP contribution in [0.4, 0.5) is 0 Å². The topological polar surface area (TPSA) is 21.3 Å². The molecule has 1 aliphatic carbocycles. The number of rotatable bonds is 5. The van der Waals surface area contributed by atoms with E-state index in [9.17, 15) is 0 Å². The zero-order valence-corrected chi connectivity index (χ0v) is 11.8. The highest BCUT2D eigenvalue weighted by Gasteiger charge is 2.17. The van der Waals surface area contributed by atoms with E-state index in [4.69, 9.17) is 4.74 Å². The van der Waals surface area contributed by atoms with Gasteiger partial charge in [-0.2, -0.15) is 0 Å². The zero-order chi connectivity index (χ0) is 13.0. The summed E-state index contributed by atoms with van der Waals surface area (Å²) in [6.07, 6.45) is 5.52. The minimum Gasteiger partial charge on any atom is -0.490 e. The van der Waals surface area contributed by atoms with Gasteiger partial charge in [0.25, 0.3) is 0 Å². The number of nitrogens with one attached hydrogen (secondary N) is 1. The van der Waals surface area contributed by atoms with Gasteiger partial charge in [-0.15, -0.1) is 0 Å². The predicted octanol–water partition coefficient (Wildman–Crippen LogP) is 3.99. The number of hydrogen-bond donors (Lipinski definition) is 1. The first kappa shape index (κ1) is 13.4. The third-order valence-electron chi connectivity index (χ3n) is 3.81. The van der Waals surface area contributed by atoms with E-state index in [1.165, 1.54) is 36.8 Å². The van der Waals surface area contributed by atoms with Crippen LogP contribution in [0.5, 0.6) is 5.75 Å². The van der Waals surface area contributed by atoms with Crippen LogP contribution in [-0.2, 0) is 0 Å². The number of hydrogen-bond acceptors (Lipinski definition) is 2. The summed E-state index contributed by atoms with van der Waals surface area (Å²) >= 11 is 0. The maximum atomic E-state index is 6.08. The number of aryl methyl sites for hydroxylation is 1. The van der Waals surface area contributed by atoms with E-state index in [1.807, 2.05) is 0 Å². The molecule has 0 radical (unpaired) electrons. The molecule has 2 rings (SSSR count). The molecule has 1 aromatic carbocycles. The first-order valence-electron chi connectivity index (χ1n) is 7.21. The van der Waals surface area contributed by atoms with Crippen LogP contribution in [0.25, 0.3) is 0 Å². The lowest BCUT2D eigenvalue weighted by Crippen LogP contribution is -2.18. The monoisotopic (exact) mass is 247 g/mol. The minimum absolute atomic E-state index is 0.411. The molecule has 1 aromatic rings. The van der Waals surface area contributed by atoms with Crippen LogP contribution in [0.15, 0.2) is 18.2 Å². The van der Waals surface area contributed by atoms with Crippen LogP contribution >= 0.6 is 0 Å². The Bertz CT molecular complexity index is 383. The van der Waals surface area contributed by atoms with Gasteiger partial charge in [-0.05, 0) is 63.3 Å². The average molecular weight is 247 g/mol. The third kappa shape index (κ3) is 3.26. The molecule has 1 aliphatic rings. The van der Waals surface area contributed by atoms with Gasteiger partial charge in [-0.3, -0.25) is 0 Å². The second-order valence-electron chi connectivity index (χ2n) is 5.33. The van der Waals surface area contributed by atoms with Crippen molar-refractivity contribution in [3.63, 3.8) is 0 Å². The van der Waals surface area contributed by atoms with Gasteiger partial charge in [0.05, 0.1) is 6.10 Å². The van der Waals surface area contributed by atoms with Gasteiger partial charge in [0.1, 0.15) is 5.75 Å². The Hall–Kier alpha value is -1.02. The first-order valence-corrected chi connectivity index (χ1v) is 7.21. The first-order chi connectivity index (χ1) is 8.70. The van der Waals surface area contributed by atoms with Crippen molar-refractivity contribution in [1.29, 1.82) is 0 Å². The van der Waals surface area contributed by atoms with Crippen molar-refractivity contribution in [3.8, 4) is 5.75 Å². The Morgan fingerprint density at radius 1 is 1.33 bits per heavy atom. The van der Waals surface area contributed by atoms with Gasteiger partial charge in [0, 0.05) is 6.04 Å². The van der Waals surface area contributed by atoms with Gasteiger partial charge in [0.2, 0.25) is 0 Å². The van der Waals surface area contributed by atoms with Crippen LogP contribution in [0, 0.1) is 6.92 Å². The lowest BCUT2D eigenvalue weighted by atomic mass is 10.0. The SMILES string of the molecule is CCNC(C)c1ccc(OC2CCCC2)c(C)c1. The Morgan fingerprint density at radius 2 is 2.06 bits per heavy atom. The molecular weight excluding hydrogens is 222 g/mol. The quantitative estimate of drug-likeness (QED) is 0.849. The van der Waals surface area contributed by atoms with Gasteiger partial charge in [-0.25, -0.2) is 0 Å². The maximum absolute atomic E-state index is 6.08. The van der Waals surface area contributed by atoms with Gasteiger partial charge >= 0.3 is 0 Å². The molecular formula is C16H25NO. The van der Waals surface area contributed by atoms with Crippen LogP contribution in [0.1, 0.15) is 56.7 Å². The van der Waals surface area contributed by atoms with Crippen LogP contribution in [0.3, 0.4) is 0 Å². The Morgan fingerprint density at radius 3 is 2.67 bits per heavy atom. The molecule has 1 atom stereocenters. The molecule has 2 heteroatoms. The molecule has 2 nitrogen and oxygen atoms in total. The second kappa shape index (κ2) is 6.24. The Labute approximate surface area is 111 Å². The molecule has 0 amide bonds. The molecule has 0 bridgehead atoms. The van der Waals surface area contributed by atoms with Crippen molar-refractivity contribution in [2.75, 3.05) is 6.54 Å². The summed E-state index contributed by atoms with van der Waals surface area (Å²) in [4.78, 5) is 0. The number of ether oxygens (including phenoxy) is 1. The number of benzene rings is 1. The summed E-state index contributed by atoms with van der Waals surface area (Å²) < 4.78 is 6.08. The van der Waals surface area contributed by atoms with Gasteiger partial charge in [-0.1, -0.05) is 19.1 Å². The molecule has 1 fully saturated rings. The molecule has 100 valence electrons. The summed E-state index contributed by atoms with van der Waals surface area (Å²) in [5, 5.41) is 3.44. The van der Waals surface area contributed by atoms with E-state index in [0.717, 1.165) is 12.3 Å². The van der Waals surface area contributed by atoms with Crippen molar-refractivity contribution >= 4 is 0 Å². The fraction of sp³-hybridized carbons (Fsp3) is 0.625. The van der Waals surface area contributed by atoms with Crippen molar-refractivity contribution < 1.29 is 4.74 Å². The fourth-order valence-corrected chi connectivity index (χ4v) is 2.68. The molecule has 0 aromatic heterocycles. The summed E-state index contributed by atoms with van der Waals surface area (Å²) in [5.41, 5.74) is 2.59. The van der Waals surface area contributed by atoms with Gasteiger partial charge < -0.3 is 10.1 Å². The molecule has 1 N–H and O–H groups in total. The van der Waals surface area contributed by atoms with Crippen molar-refractivity contribution in [2.24, 2.45) is 0 Å². The summed E-state index contributed by atoms with van der Waals surface area (Å²) in [7, 11) is 0. The Kier molecular flexibility index (Phi) is 4.65. The zero-order valence-electron chi connectivity index (χ0n) is 11.8. The summed E-state index contributed by atoms with van der Waals surface area (Å²) in [5.74, 6) is 1.06. The fourth-order valence-electron chi connectivity index (χ4n) is 2.68. The molecule has 1 unspecified atom stereocenters. The normalized spacial score (nSPS) is 17.9. The summed E-state index contributed by atoms with van der Waals surface area (Å²) in [6, 6.07) is 6.98. The molecule has 0 spiro atoms. The van der Waals surface area contributed by atoms with Crippen molar-refractivity contribution in [1.82, 2.24) is 5.32 Å². The van der Waals surface area contributed by atoms with E-state index < -0.39 is 0 Å². The smallest absolute Gasteiger partial charge is 0.122 e. The summed E-state index contributed by atoms with van der Waals surface area (Å²) in [6.45, 7) is 7.49. The van der Waals surface area contributed by atoms with E-state index in [0.29, 0.717) is 12.1 Å². The molecule has 0 saturated heterocycles. The van der Waals surface area contributed by atoms with E-state index in [2.05, 4.69) is 44.3 Å². The van der Waals surface area contributed by atoms with Crippen LogP contribution < -0.4 is 10.1 Å². The van der Waals surface area contributed by atoms with Gasteiger partial charge in [0.15, 0.2) is 0 Å². The Balaban J connectivity index is 2.04. The predicted molar refractivity (Wildman–Crippen MR) is 76.2 cm³/mol. The highest BCUT2D eigenvalue weighted by Crippen LogP contribution is 2.28. The van der Waals surface area contributed by atoms with E-state index >= 15 is 0 Å². The highest BCUT2D eigenvalue weighted by molar-refractivity contribution is 5.37. The standard InChI is InChI=1S/C16H25NO/c1-4-17-13(3)14-9-10-16(12(2)11-14)18-15-7-5-6-8-15/h9-11,13,15,17H,4-8H2,1-3H3. The van der Waals surface area contributed by atoms with Crippen LogP contribution in [-0.4, -0.2) is 12.6 Å². The van der Waals surface area contributed by atoms with Crippen molar-refractivity contribution in [2.45, 2.75) is 58.6 Å². The largest absolute Gasteiger partial charge is 0.490 e. The average Bonchev–Trinajstić information content (AvgIpc) is 2.85.